The average molecular weight is 237 g/mol. The van der Waals surface area contributed by atoms with Crippen LogP contribution in [0.15, 0.2) is 0 Å². The summed E-state index contributed by atoms with van der Waals surface area (Å²) in [5.74, 6) is 0. The molecule has 0 saturated heterocycles. The van der Waals surface area contributed by atoms with Crippen molar-refractivity contribution in [3.63, 3.8) is 0 Å². The molecule has 0 aliphatic rings. The summed E-state index contributed by atoms with van der Waals surface area (Å²) < 4.78 is 7.56. The second kappa shape index (κ2) is 12.3. The van der Waals surface area contributed by atoms with Gasteiger partial charge in [0.15, 0.2) is 0 Å². The maximum absolute atomic E-state index is 9.26. The third-order valence-electron chi connectivity index (χ3n) is 0.371. The number of nitrogens with one attached hydrogen (secondary N) is 2. The molecule has 0 aromatic rings. The Hall–Kier alpha value is -0.356. The zero-order valence-corrected chi connectivity index (χ0v) is 9.05. The van der Waals surface area contributed by atoms with E-state index in [2.05, 4.69) is 9.47 Å². The average Bonchev–Trinajstić information content (AvgIpc) is 1.89. The predicted molar refractivity (Wildman–Crippen MR) is 33.5 cm³/mol. The van der Waals surface area contributed by atoms with E-state index < -0.39 is 12.2 Å². The molecule has 2 N–H and O–H groups in total. The van der Waals surface area contributed by atoms with Crippen molar-refractivity contribution in [2.45, 2.75) is 0 Å². The number of ether oxygens (including phenoxy) is 2. The molecule has 0 atom stereocenters. The Labute approximate surface area is 89.5 Å². The molecule has 0 radical (unpaired) electrons. The van der Waals surface area contributed by atoms with Gasteiger partial charge in [-0.3, -0.25) is 9.59 Å². The molecule has 0 aromatic heterocycles. The minimum atomic E-state index is -0.995. The third kappa shape index (κ3) is 42.4. The molecule has 0 unspecified atom stereocenters. The van der Waals surface area contributed by atoms with Gasteiger partial charge in [-0.15, -0.1) is 0 Å². The molecule has 2 amide bonds. The van der Waals surface area contributed by atoms with Crippen LogP contribution in [-0.4, -0.2) is 26.4 Å². The molecule has 0 bridgehead atoms. The first-order valence-electron chi connectivity index (χ1n) is 2.13. The first-order chi connectivity index (χ1) is 4.54. The molecule has 7 heteroatoms. The smallest absolute Gasteiger partial charge is 0.632 e. The van der Waals surface area contributed by atoms with Gasteiger partial charge in [-0.2, -0.15) is 0 Å². The number of methoxy groups -OCH3 is 2. The van der Waals surface area contributed by atoms with Gasteiger partial charge in [-0.1, -0.05) is 0 Å². The number of hydrogen-bond donors (Lipinski definition) is 0. The summed E-state index contributed by atoms with van der Waals surface area (Å²) in [6, 6.07) is 0. The molecule has 0 aromatic carbocycles. The van der Waals surface area contributed by atoms with E-state index in [1.54, 1.807) is 0 Å². The van der Waals surface area contributed by atoms with Crippen molar-refractivity contribution in [2.75, 3.05) is 14.2 Å². The van der Waals surface area contributed by atoms with Crippen molar-refractivity contribution >= 4 is 12.2 Å². The fourth-order valence-corrected chi connectivity index (χ4v) is 0. The largest absolute Gasteiger partial charge is 3.00 e. The Kier molecular flexibility index (Phi) is 19.0. The summed E-state index contributed by atoms with van der Waals surface area (Å²) in [7, 11) is 2.32. The minimum absolute atomic E-state index is 0. The van der Waals surface area contributed by atoms with Crippen LogP contribution in [0.1, 0.15) is 0 Å². The molecule has 0 spiro atoms. The third-order valence-corrected chi connectivity index (χ3v) is 0.371. The molecule has 6 nitrogen and oxygen atoms in total. The van der Waals surface area contributed by atoms with Crippen molar-refractivity contribution in [1.82, 2.24) is 0 Å². The molecule has 0 saturated carbocycles. The van der Waals surface area contributed by atoms with Crippen LogP contribution in [0.3, 0.4) is 0 Å². The van der Waals surface area contributed by atoms with E-state index in [1.807, 2.05) is 0 Å². The fraction of sp³-hybridized carbons (Fsp3) is 0.500. The van der Waals surface area contributed by atoms with E-state index in [9.17, 15) is 9.59 Å². The van der Waals surface area contributed by atoms with Crippen LogP contribution >= 0.6 is 0 Å². The molecule has 60 valence electrons. The quantitative estimate of drug-likeness (QED) is 0.638. The molecule has 0 aliphatic heterocycles. The minimum Gasteiger partial charge on any atom is -0.632 e. The summed E-state index contributed by atoms with van der Waals surface area (Å²) in [6.45, 7) is 0. The summed E-state index contributed by atoms with van der Waals surface area (Å²) >= 11 is 0. The molecular weight excluding hydrogens is 229 g/mol. The molecule has 0 heterocycles. The van der Waals surface area contributed by atoms with Crippen molar-refractivity contribution in [2.24, 2.45) is 0 Å². The maximum atomic E-state index is 9.26. The molecule has 0 fully saturated rings. The molecular formula is C4H8N2O4Y+. The SMILES string of the molecule is COC([NH-])=O.COC([NH-])=O.[Y+3]. The van der Waals surface area contributed by atoms with Crippen LogP contribution in [0.5, 0.6) is 0 Å². The van der Waals surface area contributed by atoms with Crippen molar-refractivity contribution in [1.29, 1.82) is 0 Å². The topological polar surface area (TPSA) is 100 Å². The van der Waals surface area contributed by atoms with E-state index in [0.29, 0.717) is 0 Å². The standard InChI is InChI=1S/2C2H5NO2.Y/c2*1-5-2(3)4;/h2*1H3,(H2,3,4);/q;;+3/p-2. The van der Waals surface area contributed by atoms with Crippen LogP contribution in [0, 0.1) is 0 Å². The monoisotopic (exact) mass is 237 g/mol. The Morgan fingerprint density at radius 3 is 1.09 bits per heavy atom. The Bertz CT molecular complexity index is 105. The van der Waals surface area contributed by atoms with Gasteiger partial charge in [0.2, 0.25) is 12.2 Å². The van der Waals surface area contributed by atoms with E-state index >= 15 is 0 Å². The van der Waals surface area contributed by atoms with Crippen LogP contribution in [-0.2, 0) is 42.2 Å². The summed E-state index contributed by atoms with van der Waals surface area (Å²) in [6.07, 6.45) is -1.99. The second-order valence-electron chi connectivity index (χ2n) is 0.983. The predicted octanol–water partition coefficient (Wildman–Crippen LogP) is 1.61. The molecule has 0 rings (SSSR count). The summed E-state index contributed by atoms with van der Waals surface area (Å²) in [4.78, 5) is 18.5. The van der Waals surface area contributed by atoms with E-state index in [0.717, 1.165) is 14.2 Å². The van der Waals surface area contributed by atoms with Crippen LogP contribution in [0.4, 0.5) is 9.59 Å². The second-order valence-corrected chi connectivity index (χ2v) is 0.983. The molecule has 11 heavy (non-hydrogen) atoms. The van der Waals surface area contributed by atoms with Gasteiger partial charge >= 0.3 is 32.7 Å². The van der Waals surface area contributed by atoms with Gasteiger partial charge in [-0.25, -0.2) is 0 Å². The Balaban J connectivity index is -0.000000107. The van der Waals surface area contributed by atoms with Crippen molar-refractivity contribution in [3.8, 4) is 0 Å². The number of rotatable bonds is 0. The first-order valence-corrected chi connectivity index (χ1v) is 2.13. The Morgan fingerprint density at radius 1 is 1.00 bits per heavy atom. The summed E-state index contributed by atoms with van der Waals surface area (Å²) in [5, 5.41) is 0. The van der Waals surface area contributed by atoms with Crippen LogP contribution in [0.2, 0.25) is 0 Å². The van der Waals surface area contributed by atoms with Crippen molar-refractivity contribution in [3.05, 3.63) is 11.5 Å². The van der Waals surface area contributed by atoms with Gasteiger partial charge in [0.25, 0.3) is 0 Å². The Morgan fingerprint density at radius 2 is 1.09 bits per heavy atom. The van der Waals surface area contributed by atoms with E-state index in [-0.39, 0.29) is 32.7 Å². The van der Waals surface area contributed by atoms with Gasteiger partial charge < -0.3 is 20.9 Å². The van der Waals surface area contributed by atoms with Crippen LogP contribution < -0.4 is 0 Å². The maximum Gasteiger partial charge on any atom is 3.00 e. The van der Waals surface area contributed by atoms with Gasteiger partial charge in [0, 0.05) is 0 Å². The van der Waals surface area contributed by atoms with E-state index in [4.69, 9.17) is 11.5 Å². The van der Waals surface area contributed by atoms with Crippen LogP contribution in [0.25, 0.3) is 11.5 Å². The number of amides is 2. The zero-order valence-electron chi connectivity index (χ0n) is 6.21. The normalized spacial score (nSPS) is 6.00. The number of carbonyl (C=O) groups excluding carboxylic acids is 2. The first kappa shape index (κ1) is 16.9. The van der Waals surface area contributed by atoms with E-state index in [1.165, 1.54) is 0 Å². The summed E-state index contributed by atoms with van der Waals surface area (Å²) in [5.41, 5.74) is 11.9. The number of carbonyl (C=O) groups is 2. The zero-order chi connectivity index (χ0) is 8.57. The van der Waals surface area contributed by atoms with Gasteiger partial charge in [0.1, 0.15) is 0 Å². The van der Waals surface area contributed by atoms with Gasteiger partial charge in [-0.05, 0) is 0 Å². The fourth-order valence-electron chi connectivity index (χ4n) is 0. The van der Waals surface area contributed by atoms with Gasteiger partial charge in [0.05, 0.1) is 14.2 Å². The molecule has 0 aliphatic carbocycles. The van der Waals surface area contributed by atoms with Crippen molar-refractivity contribution < 1.29 is 51.8 Å². The number of hydrogen-bond acceptors (Lipinski definition) is 4.